The van der Waals surface area contributed by atoms with Crippen LogP contribution in [0.3, 0.4) is 0 Å². The van der Waals surface area contributed by atoms with Gasteiger partial charge in [-0.2, -0.15) is 0 Å². The number of hydroxylamine groups is 1. The quantitative estimate of drug-likeness (QED) is 0.744. The lowest BCUT2D eigenvalue weighted by molar-refractivity contribution is -0.137. The predicted molar refractivity (Wildman–Crippen MR) is 96.9 cm³/mol. The number of nitrogens with one attached hydrogen (secondary N) is 2. The minimum Gasteiger partial charge on any atom is -0.340 e. The van der Waals surface area contributed by atoms with Gasteiger partial charge in [-0.3, -0.25) is 14.4 Å². The standard InChI is InChI=1S/C19H21ClN2O3/c1-13(2)17(21-18(23)15-10-6-7-11-16(15)20)19(24)22-25-12-14-8-4-3-5-9-14/h3-11,13,17H,12H2,1-2H3,(H,21,23)(H,22,24)/t17-/m0/s1. The van der Waals surface area contributed by atoms with Gasteiger partial charge in [0.25, 0.3) is 11.8 Å². The Balaban J connectivity index is 1.94. The molecule has 0 aliphatic carbocycles. The first-order chi connectivity index (χ1) is 12.0. The van der Waals surface area contributed by atoms with Crippen LogP contribution >= 0.6 is 11.6 Å². The average molecular weight is 361 g/mol. The molecule has 0 spiro atoms. The van der Waals surface area contributed by atoms with Crippen LogP contribution in [0.2, 0.25) is 5.02 Å². The van der Waals surface area contributed by atoms with E-state index in [4.69, 9.17) is 16.4 Å². The fourth-order valence-corrected chi connectivity index (χ4v) is 2.45. The second kappa shape index (κ2) is 9.20. The summed E-state index contributed by atoms with van der Waals surface area (Å²) in [5.74, 6) is -0.930. The molecule has 2 amide bonds. The minimum absolute atomic E-state index is 0.119. The van der Waals surface area contributed by atoms with Gasteiger partial charge >= 0.3 is 0 Å². The SMILES string of the molecule is CC(C)[C@H](NC(=O)c1ccccc1Cl)C(=O)NOCc1ccccc1. The van der Waals surface area contributed by atoms with Crippen LogP contribution in [0.15, 0.2) is 54.6 Å². The smallest absolute Gasteiger partial charge is 0.266 e. The third-order valence-corrected chi connectivity index (χ3v) is 3.94. The summed E-state index contributed by atoms with van der Waals surface area (Å²) in [5.41, 5.74) is 3.66. The van der Waals surface area contributed by atoms with Crippen LogP contribution in [0.4, 0.5) is 0 Å². The van der Waals surface area contributed by atoms with Crippen molar-refractivity contribution in [2.24, 2.45) is 5.92 Å². The monoisotopic (exact) mass is 360 g/mol. The van der Waals surface area contributed by atoms with Gasteiger partial charge in [0.1, 0.15) is 6.04 Å². The molecule has 0 heterocycles. The van der Waals surface area contributed by atoms with E-state index in [2.05, 4.69) is 10.8 Å². The van der Waals surface area contributed by atoms with Gasteiger partial charge in [0.2, 0.25) is 0 Å². The van der Waals surface area contributed by atoms with E-state index in [1.807, 2.05) is 44.2 Å². The molecule has 0 radical (unpaired) electrons. The van der Waals surface area contributed by atoms with E-state index < -0.39 is 17.9 Å². The van der Waals surface area contributed by atoms with E-state index in [-0.39, 0.29) is 12.5 Å². The highest BCUT2D eigenvalue weighted by Crippen LogP contribution is 2.15. The molecule has 0 aliphatic heterocycles. The van der Waals surface area contributed by atoms with Gasteiger partial charge in [-0.15, -0.1) is 0 Å². The van der Waals surface area contributed by atoms with Gasteiger partial charge < -0.3 is 5.32 Å². The number of rotatable bonds is 7. The lowest BCUT2D eigenvalue weighted by atomic mass is 10.0. The van der Waals surface area contributed by atoms with E-state index in [1.165, 1.54) is 0 Å². The molecule has 2 N–H and O–H groups in total. The van der Waals surface area contributed by atoms with Crippen molar-refractivity contribution in [3.63, 3.8) is 0 Å². The van der Waals surface area contributed by atoms with Crippen molar-refractivity contribution in [3.8, 4) is 0 Å². The summed E-state index contributed by atoms with van der Waals surface area (Å²) in [6, 6.07) is 15.4. The van der Waals surface area contributed by atoms with E-state index >= 15 is 0 Å². The Labute approximate surface area is 152 Å². The zero-order valence-electron chi connectivity index (χ0n) is 14.2. The summed E-state index contributed by atoms with van der Waals surface area (Å²) in [5, 5.41) is 3.04. The normalized spacial score (nSPS) is 11.8. The molecule has 0 saturated carbocycles. The zero-order chi connectivity index (χ0) is 18.2. The molecule has 0 saturated heterocycles. The molecule has 25 heavy (non-hydrogen) atoms. The van der Waals surface area contributed by atoms with E-state index in [0.717, 1.165) is 5.56 Å². The lowest BCUT2D eigenvalue weighted by Crippen LogP contribution is -2.49. The Morgan fingerprint density at radius 3 is 2.32 bits per heavy atom. The minimum atomic E-state index is -0.737. The first-order valence-electron chi connectivity index (χ1n) is 8.00. The van der Waals surface area contributed by atoms with E-state index in [0.29, 0.717) is 10.6 Å². The van der Waals surface area contributed by atoms with Crippen LogP contribution < -0.4 is 10.8 Å². The number of amides is 2. The summed E-state index contributed by atoms with van der Waals surface area (Å²) in [4.78, 5) is 30.0. The maximum absolute atomic E-state index is 12.4. The zero-order valence-corrected chi connectivity index (χ0v) is 14.9. The van der Waals surface area contributed by atoms with E-state index in [9.17, 15) is 9.59 Å². The molecule has 132 valence electrons. The van der Waals surface area contributed by atoms with Gasteiger partial charge in [-0.25, -0.2) is 5.48 Å². The molecule has 2 rings (SSSR count). The molecule has 0 aromatic heterocycles. The van der Waals surface area contributed by atoms with Crippen LogP contribution in [0, 0.1) is 5.92 Å². The third kappa shape index (κ3) is 5.59. The van der Waals surface area contributed by atoms with Crippen LogP contribution in [0.1, 0.15) is 29.8 Å². The molecule has 0 bridgehead atoms. The number of carbonyl (C=O) groups is 2. The fourth-order valence-electron chi connectivity index (χ4n) is 2.23. The molecule has 5 nitrogen and oxygen atoms in total. The Morgan fingerprint density at radius 2 is 1.68 bits per heavy atom. The van der Waals surface area contributed by atoms with Gasteiger partial charge in [-0.1, -0.05) is 67.9 Å². The van der Waals surface area contributed by atoms with Crippen LogP contribution in [0.5, 0.6) is 0 Å². The van der Waals surface area contributed by atoms with Gasteiger partial charge in [-0.05, 0) is 23.6 Å². The Bertz CT molecular complexity index is 720. The first kappa shape index (κ1) is 19.0. The van der Waals surface area contributed by atoms with Gasteiger partial charge in [0, 0.05) is 0 Å². The Morgan fingerprint density at radius 1 is 1.04 bits per heavy atom. The topological polar surface area (TPSA) is 67.4 Å². The van der Waals surface area contributed by atoms with Crippen molar-refractivity contribution < 1.29 is 14.4 Å². The highest BCUT2D eigenvalue weighted by Gasteiger charge is 2.25. The van der Waals surface area contributed by atoms with Crippen molar-refractivity contribution >= 4 is 23.4 Å². The highest BCUT2D eigenvalue weighted by molar-refractivity contribution is 6.33. The fraction of sp³-hybridized carbons (Fsp3) is 0.263. The van der Waals surface area contributed by atoms with Crippen molar-refractivity contribution in [1.29, 1.82) is 0 Å². The number of benzene rings is 2. The number of halogens is 1. The van der Waals surface area contributed by atoms with Crippen molar-refractivity contribution in [2.75, 3.05) is 0 Å². The number of hydrogen-bond donors (Lipinski definition) is 2. The summed E-state index contributed by atoms with van der Waals surface area (Å²) in [6.45, 7) is 3.93. The molecule has 0 unspecified atom stereocenters. The third-order valence-electron chi connectivity index (χ3n) is 3.61. The van der Waals surface area contributed by atoms with Crippen molar-refractivity contribution in [2.45, 2.75) is 26.5 Å². The molecule has 6 heteroatoms. The Hall–Kier alpha value is -2.37. The predicted octanol–water partition coefficient (Wildman–Crippen LogP) is 3.34. The molecular formula is C19H21ClN2O3. The lowest BCUT2D eigenvalue weighted by Gasteiger charge is -2.21. The summed E-state index contributed by atoms with van der Waals surface area (Å²) >= 11 is 6.03. The molecular weight excluding hydrogens is 340 g/mol. The van der Waals surface area contributed by atoms with Gasteiger partial charge in [0.05, 0.1) is 17.2 Å². The highest BCUT2D eigenvalue weighted by atomic mass is 35.5. The molecule has 1 atom stereocenters. The van der Waals surface area contributed by atoms with Crippen LogP contribution in [-0.4, -0.2) is 17.9 Å². The van der Waals surface area contributed by atoms with E-state index in [1.54, 1.807) is 24.3 Å². The number of carbonyl (C=O) groups excluding carboxylic acids is 2. The molecule has 0 fully saturated rings. The molecule has 2 aromatic carbocycles. The molecule has 0 aliphatic rings. The maximum Gasteiger partial charge on any atom is 0.266 e. The average Bonchev–Trinajstić information content (AvgIpc) is 2.60. The molecule has 2 aromatic rings. The Kier molecular flexibility index (Phi) is 6.98. The van der Waals surface area contributed by atoms with Gasteiger partial charge in [0.15, 0.2) is 0 Å². The first-order valence-corrected chi connectivity index (χ1v) is 8.37. The van der Waals surface area contributed by atoms with Crippen LogP contribution in [-0.2, 0) is 16.2 Å². The number of hydrogen-bond acceptors (Lipinski definition) is 3. The second-order valence-electron chi connectivity index (χ2n) is 5.92. The summed E-state index contributed by atoms with van der Waals surface area (Å²) in [7, 11) is 0. The summed E-state index contributed by atoms with van der Waals surface area (Å²) in [6.07, 6.45) is 0. The van der Waals surface area contributed by atoms with Crippen molar-refractivity contribution in [1.82, 2.24) is 10.8 Å². The largest absolute Gasteiger partial charge is 0.340 e. The maximum atomic E-state index is 12.4. The second-order valence-corrected chi connectivity index (χ2v) is 6.32. The van der Waals surface area contributed by atoms with Crippen molar-refractivity contribution in [3.05, 3.63) is 70.7 Å². The summed E-state index contributed by atoms with van der Waals surface area (Å²) < 4.78 is 0. The van der Waals surface area contributed by atoms with Crippen LogP contribution in [0.25, 0.3) is 0 Å².